The molecule has 10 heavy (non-hydrogen) atoms. The maximum absolute atomic E-state index is 3.98. The largest absolute Gasteiger partial charge is 0.348 e. The molecule has 0 fully saturated rings. The fourth-order valence-corrected chi connectivity index (χ4v) is 0.452. The van der Waals surface area contributed by atoms with Gasteiger partial charge in [0.05, 0.1) is 5.84 Å². The van der Waals surface area contributed by atoms with E-state index < -0.39 is 0 Å². The van der Waals surface area contributed by atoms with Gasteiger partial charge in [0.25, 0.3) is 0 Å². The summed E-state index contributed by atoms with van der Waals surface area (Å²) in [6.45, 7) is 8.15. The van der Waals surface area contributed by atoms with Crippen LogP contribution in [0.15, 0.2) is 16.3 Å². The van der Waals surface area contributed by atoms with Crippen LogP contribution in [0.25, 0.3) is 0 Å². The molecule has 2 nitrogen and oxygen atoms in total. The van der Waals surface area contributed by atoms with Crippen LogP contribution >= 0.6 is 0 Å². The SMILES string of the molecule is CN=C(C)NC(C)=C(C)C. The zero-order valence-corrected chi connectivity index (χ0v) is 7.45. The van der Waals surface area contributed by atoms with Crippen molar-refractivity contribution in [2.45, 2.75) is 27.7 Å². The first-order valence-corrected chi connectivity index (χ1v) is 3.42. The van der Waals surface area contributed by atoms with Crippen molar-refractivity contribution in [1.29, 1.82) is 0 Å². The van der Waals surface area contributed by atoms with Crippen molar-refractivity contribution in [1.82, 2.24) is 5.32 Å². The zero-order chi connectivity index (χ0) is 8.15. The second kappa shape index (κ2) is 4.09. The Morgan fingerprint density at radius 2 is 1.60 bits per heavy atom. The molecule has 2 heteroatoms. The molecule has 0 aromatic carbocycles. The molecule has 0 saturated heterocycles. The molecule has 0 aliphatic heterocycles. The monoisotopic (exact) mass is 140 g/mol. The lowest BCUT2D eigenvalue weighted by Crippen LogP contribution is -2.18. The quantitative estimate of drug-likeness (QED) is 0.437. The molecule has 0 radical (unpaired) electrons. The fraction of sp³-hybridized carbons (Fsp3) is 0.625. The third-order valence-corrected chi connectivity index (χ3v) is 1.45. The molecule has 0 aromatic rings. The van der Waals surface area contributed by atoms with E-state index in [1.807, 2.05) is 13.8 Å². The van der Waals surface area contributed by atoms with Gasteiger partial charge in [-0.3, -0.25) is 4.99 Å². The second-order valence-electron chi connectivity index (χ2n) is 2.56. The Hall–Kier alpha value is -0.790. The maximum Gasteiger partial charge on any atom is 0.0969 e. The molecule has 0 unspecified atom stereocenters. The molecular formula is C8H16N2. The highest BCUT2D eigenvalue weighted by molar-refractivity contribution is 5.80. The predicted octanol–water partition coefficient (Wildman–Crippen LogP) is 1.94. The topological polar surface area (TPSA) is 24.4 Å². The van der Waals surface area contributed by atoms with E-state index in [0.29, 0.717) is 0 Å². The van der Waals surface area contributed by atoms with Crippen LogP contribution in [0.4, 0.5) is 0 Å². The summed E-state index contributed by atoms with van der Waals surface area (Å²) >= 11 is 0. The molecule has 0 atom stereocenters. The Morgan fingerprint density at radius 3 is 1.90 bits per heavy atom. The number of aliphatic imine (C=N–C) groups is 1. The van der Waals surface area contributed by atoms with E-state index in [1.165, 1.54) is 11.3 Å². The molecule has 0 aromatic heterocycles. The molecule has 0 bridgehead atoms. The normalized spacial score (nSPS) is 11.1. The lowest BCUT2D eigenvalue weighted by atomic mass is 10.3. The van der Waals surface area contributed by atoms with Crippen LogP contribution in [0.2, 0.25) is 0 Å². The summed E-state index contributed by atoms with van der Waals surface area (Å²) < 4.78 is 0. The highest BCUT2D eigenvalue weighted by atomic mass is 15.0. The van der Waals surface area contributed by atoms with E-state index in [4.69, 9.17) is 0 Å². The second-order valence-corrected chi connectivity index (χ2v) is 2.56. The lowest BCUT2D eigenvalue weighted by Gasteiger charge is -2.06. The standard InChI is InChI=1S/C8H16N2/c1-6(2)7(3)10-8(4)9-5/h1-5H3,(H,9,10). The van der Waals surface area contributed by atoms with Crippen LogP contribution in [0, 0.1) is 0 Å². The van der Waals surface area contributed by atoms with Gasteiger partial charge < -0.3 is 5.32 Å². The highest BCUT2D eigenvalue weighted by Gasteiger charge is 1.90. The van der Waals surface area contributed by atoms with Gasteiger partial charge in [0.15, 0.2) is 0 Å². The molecule has 1 N–H and O–H groups in total. The first-order chi connectivity index (χ1) is 4.57. The molecule has 0 heterocycles. The molecule has 0 saturated carbocycles. The van der Waals surface area contributed by atoms with Crippen LogP contribution in [0.1, 0.15) is 27.7 Å². The van der Waals surface area contributed by atoms with Crippen molar-refractivity contribution in [3.05, 3.63) is 11.3 Å². The Balaban J connectivity index is 4.05. The van der Waals surface area contributed by atoms with Gasteiger partial charge >= 0.3 is 0 Å². The van der Waals surface area contributed by atoms with Crippen LogP contribution in [-0.4, -0.2) is 12.9 Å². The van der Waals surface area contributed by atoms with E-state index in [1.54, 1.807) is 7.05 Å². The molecule has 58 valence electrons. The summed E-state index contributed by atoms with van der Waals surface area (Å²) in [6.07, 6.45) is 0. The molecule has 0 aliphatic rings. The number of nitrogens with zero attached hydrogens (tertiary/aromatic N) is 1. The van der Waals surface area contributed by atoms with Crippen LogP contribution < -0.4 is 5.32 Å². The van der Waals surface area contributed by atoms with Crippen LogP contribution in [0.5, 0.6) is 0 Å². The highest BCUT2D eigenvalue weighted by Crippen LogP contribution is 1.96. The minimum absolute atomic E-state index is 0.957. The number of hydrogen-bond donors (Lipinski definition) is 1. The van der Waals surface area contributed by atoms with Crippen molar-refractivity contribution in [3.63, 3.8) is 0 Å². The Morgan fingerprint density at radius 1 is 1.10 bits per heavy atom. The predicted molar refractivity (Wildman–Crippen MR) is 46.2 cm³/mol. The number of hydrogen-bond acceptors (Lipinski definition) is 1. The Kier molecular flexibility index (Phi) is 3.77. The molecule has 0 spiro atoms. The van der Waals surface area contributed by atoms with Gasteiger partial charge in [-0.25, -0.2) is 0 Å². The fourth-order valence-electron chi connectivity index (χ4n) is 0.452. The average molecular weight is 140 g/mol. The smallest absolute Gasteiger partial charge is 0.0969 e. The van der Waals surface area contributed by atoms with E-state index >= 15 is 0 Å². The van der Waals surface area contributed by atoms with Crippen molar-refractivity contribution in [2.75, 3.05) is 7.05 Å². The van der Waals surface area contributed by atoms with Gasteiger partial charge in [-0.2, -0.15) is 0 Å². The van der Waals surface area contributed by atoms with E-state index in [0.717, 1.165) is 5.84 Å². The first kappa shape index (κ1) is 9.21. The first-order valence-electron chi connectivity index (χ1n) is 3.42. The third-order valence-electron chi connectivity index (χ3n) is 1.45. The average Bonchev–Trinajstić information content (AvgIpc) is 1.87. The van der Waals surface area contributed by atoms with Crippen molar-refractivity contribution >= 4 is 5.84 Å². The summed E-state index contributed by atoms with van der Waals surface area (Å²) in [7, 11) is 1.78. The molecule has 0 amide bonds. The van der Waals surface area contributed by atoms with Crippen molar-refractivity contribution in [2.24, 2.45) is 4.99 Å². The minimum Gasteiger partial charge on any atom is -0.348 e. The zero-order valence-electron chi connectivity index (χ0n) is 7.45. The summed E-state index contributed by atoms with van der Waals surface area (Å²) in [4.78, 5) is 3.98. The minimum atomic E-state index is 0.957. The summed E-state index contributed by atoms with van der Waals surface area (Å²) in [5, 5.41) is 3.16. The van der Waals surface area contributed by atoms with Gasteiger partial charge in [-0.15, -0.1) is 0 Å². The number of amidine groups is 1. The summed E-state index contributed by atoms with van der Waals surface area (Å²) in [6, 6.07) is 0. The molecule has 0 rings (SSSR count). The van der Waals surface area contributed by atoms with Crippen molar-refractivity contribution < 1.29 is 0 Å². The van der Waals surface area contributed by atoms with Crippen LogP contribution in [0.3, 0.4) is 0 Å². The van der Waals surface area contributed by atoms with Crippen LogP contribution in [-0.2, 0) is 0 Å². The van der Waals surface area contributed by atoms with E-state index in [-0.39, 0.29) is 0 Å². The maximum atomic E-state index is 3.98. The van der Waals surface area contributed by atoms with Gasteiger partial charge in [-0.1, -0.05) is 5.57 Å². The Bertz CT molecular complexity index is 162. The third kappa shape index (κ3) is 3.28. The molecule has 0 aliphatic carbocycles. The Labute approximate surface area is 63.0 Å². The summed E-state index contributed by atoms with van der Waals surface area (Å²) in [5.41, 5.74) is 2.48. The number of rotatable bonds is 1. The van der Waals surface area contributed by atoms with Gasteiger partial charge in [0.1, 0.15) is 0 Å². The van der Waals surface area contributed by atoms with Gasteiger partial charge in [0.2, 0.25) is 0 Å². The summed E-state index contributed by atoms with van der Waals surface area (Å²) in [5.74, 6) is 0.957. The van der Waals surface area contributed by atoms with Gasteiger partial charge in [-0.05, 0) is 27.7 Å². The van der Waals surface area contributed by atoms with E-state index in [9.17, 15) is 0 Å². The van der Waals surface area contributed by atoms with E-state index in [2.05, 4.69) is 24.2 Å². The lowest BCUT2D eigenvalue weighted by molar-refractivity contribution is 1.04. The number of allylic oxidation sites excluding steroid dienone is 2. The molecular weight excluding hydrogens is 124 g/mol. The van der Waals surface area contributed by atoms with Gasteiger partial charge in [0, 0.05) is 12.7 Å². The van der Waals surface area contributed by atoms with Crippen molar-refractivity contribution in [3.8, 4) is 0 Å². The number of nitrogens with one attached hydrogen (secondary N) is 1.